The Morgan fingerprint density at radius 2 is 0.552 bits per heavy atom. The van der Waals surface area contributed by atoms with E-state index in [4.69, 9.17) is 71.1 Å². The van der Waals surface area contributed by atoms with E-state index >= 15 is 0 Å². The highest BCUT2D eigenvalue weighted by molar-refractivity contribution is 5.66. The van der Waals surface area contributed by atoms with Crippen molar-refractivity contribution in [2.75, 3.05) is 19.8 Å². The highest BCUT2D eigenvalue weighted by Gasteiger charge is 2.56. The molecule has 96 heavy (non-hydrogen) atoms. The van der Waals surface area contributed by atoms with Gasteiger partial charge in [-0.3, -0.25) is 9.59 Å². The average Bonchev–Trinajstić information content (AvgIpc) is 0.792. The maximum atomic E-state index is 13.8. The molecule has 18 heteroatoms. The van der Waals surface area contributed by atoms with Gasteiger partial charge in [-0.2, -0.15) is 0 Å². The first-order chi connectivity index (χ1) is 47.2. The number of aliphatic hydroxyl groups excluding tert-OH is 1. The van der Waals surface area contributed by atoms with Crippen molar-refractivity contribution in [1.29, 1.82) is 0 Å². The van der Waals surface area contributed by atoms with Crippen LogP contribution in [0.2, 0.25) is 0 Å². The third-order valence-electron chi connectivity index (χ3n) is 16.6. The summed E-state index contributed by atoms with van der Waals surface area (Å²) in [5.41, 5.74) is 6.90. The van der Waals surface area contributed by atoms with Gasteiger partial charge >= 0.3 is 11.9 Å². The van der Waals surface area contributed by atoms with Gasteiger partial charge in [0.15, 0.2) is 31.1 Å². The molecule has 3 aliphatic heterocycles. The molecule has 0 amide bonds. The van der Waals surface area contributed by atoms with Crippen molar-refractivity contribution >= 4 is 11.9 Å². The summed E-state index contributed by atoms with van der Waals surface area (Å²) >= 11 is 0. The predicted octanol–water partition coefficient (Wildman–Crippen LogP) is 11.4. The van der Waals surface area contributed by atoms with Gasteiger partial charge in [0.1, 0.15) is 61.0 Å². The van der Waals surface area contributed by atoms with E-state index in [-0.39, 0.29) is 66.1 Å². The molecule has 0 aromatic heterocycles. The summed E-state index contributed by atoms with van der Waals surface area (Å²) in [5.74, 6) is -1.31. The lowest BCUT2D eigenvalue weighted by molar-refractivity contribution is -0.376. The van der Waals surface area contributed by atoms with Gasteiger partial charge in [-0.1, -0.05) is 243 Å². The molecule has 3 saturated heterocycles. The Balaban J connectivity index is 0.978. The molecule has 15 unspecified atom stereocenters. The molecule has 0 aliphatic carbocycles. The summed E-state index contributed by atoms with van der Waals surface area (Å²) in [7, 11) is 0. The third-order valence-corrected chi connectivity index (χ3v) is 16.6. The highest BCUT2D eigenvalue weighted by atomic mass is 16.8. The Labute approximate surface area is 561 Å². The monoisotopic (exact) mass is 1310 g/mol. The van der Waals surface area contributed by atoms with Gasteiger partial charge in [-0.05, 0) is 44.5 Å². The minimum Gasteiger partial charge on any atom is -0.454 e. The molecule has 3 fully saturated rings. The molecule has 1 N–H and O–H groups in total. The summed E-state index contributed by atoms with van der Waals surface area (Å²) in [5, 5.41) is 12.5. The molecule has 18 nitrogen and oxygen atoms in total. The number of benzene rings is 8. The molecule has 8 aromatic rings. The van der Waals surface area contributed by atoms with Crippen LogP contribution in [0.25, 0.3) is 0 Å². The lowest BCUT2D eigenvalue weighted by atomic mass is 9.95. The van der Waals surface area contributed by atoms with E-state index in [1.807, 2.05) is 243 Å². The largest absolute Gasteiger partial charge is 0.454 e. The van der Waals surface area contributed by atoms with Crippen LogP contribution >= 0.6 is 0 Å². The van der Waals surface area contributed by atoms with Crippen LogP contribution in [-0.2, 0) is 133 Å². The molecule has 0 radical (unpaired) electrons. The molecule has 11 rings (SSSR count). The minimum atomic E-state index is -1.68. The summed E-state index contributed by atoms with van der Waals surface area (Å²) in [6, 6.07) is 77.1. The van der Waals surface area contributed by atoms with Crippen LogP contribution in [-0.4, -0.2) is 129 Å². The lowest BCUT2D eigenvalue weighted by Crippen LogP contribution is -2.67. The van der Waals surface area contributed by atoms with Crippen LogP contribution in [0.4, 0.5) is 0 Å². The van der Waals surface area contributed by atoms with E-state index in [1.165, 1.54) is 13.8 Å². The summed E-state index contributed by atoms with van der Waals surface area (Å²) in [6.07, 6.45) is -18.1. The molecule has 3 heterocycles. The van der Waals surface area contributed by atoms with Gasteiger partial charge in [0.25, 0.3) is 0 Å². The van der Waals surface area contributed by atoms with Crippen molar-refractivity contribution in [1.82, 2.24) is 0 Å². The van der Waals surface area contributed by atoms with Crippen molar-refractivity contribution in [2.24, 2.45) is 0 Å². The molecule has 504 valence electrons. The first-order valence-corrected chi connectivity index (χ1v) is 32.6. The van der Waals surface area contributed by atoms with E-state index in [2.05, 4.69) is 0 Å². The number of carbonyl (C=O) groups is 2. The first kappa shape index (κ1) is 69.5. The van der Waals surface area contributed by atoms with Crippen LogP contribution in [0.1, 0.15) is 58.4 Å². The number of carbonyl (C=O) groups excluding carboxylic acids is 2. The predicted molar refractivity (Wildman–Crippen MR) is 352 cm³/mol. The van der Waals surface area contributed by atoms with Crippen molar-refractivity contribution in [3.05, 3.63) is 287 Å². The second kappa shape index (κ2) is 36.5. The van der Waals surface area contributed by atoms with Gasteiger partial charge in [-0.25, -0.2) is 0 Å². The van der Waals surface area contributed by atoms with Crippen molar-refractivity contribution < 1.29 is 85.7 Å². The molecule has 15 atom stereocenters. The van der Waals surface area contributed by atoms with Crippen LogP contribution in [0.15, 0.2) is 243 Å². The van der Waals surface area contributed by atoms with E-state index in [0.717, 1.165) is 44.5 Å². The average molecular weight is 1310 g/mol. The van der Waals surface area contributed by atoms with Gasteiger partial charge in [-0.15, -0.1) is 0 Å². The van der Waals surface area contributed by atoms with E-state index in [9.17, 15) is 14.7 Å². The number of ether oxygens (including phenoxy) is 15. The zero-order chi connectivity index (χ0) is 66.1. The smallest absolute Gasteiger partial charge is 0.303 e. The fraction of sp³-hybridized carbons (Fsp3) is 0.359. The Bertz CT molecular complexity index is 3490. The summed E-state index contributed by atoms with van der Waals surface area (Å²) < 4.78 is 102. The molecule has 3 aliphatic rings. The topological polar surface area (TPSA) is 193 Å². The second-order valence-electron chi connectivity index (χ2n) is 23.8. The lowest BCUT2D eigenvalue weighted by Gasteiger charge is -2.50. The van der Waals surface area contributed by atoms with Crippen molar-refractivity contribution in [3.63, 3.8) is 0 Å². The standard InChI is InChI=1S/C78H84O18/c1-54(79)91-74-70(86-47-60-35-19-7-20-36-60)67(84-45-58-31-15-5-16-32-58)64(51-82-43-56-27-11-3-12-28-56)94-77(74)90-53-66-69(72(88-49-62-39-23-9-24-40-62)73(76(81)93-66)89-50-63-41-25-10-26-42-63)96-78-75(92-55(2)80)71(87-48-61-37-21-8-22-38-61)68(85-46-59-33-17-6-18-34-59)65(95-78)52-83-44-57-29-13-4-14-30-57/h3-42,64-78,81H,43-53H2,1-2H3. The second-order valence-corrected chi connectivity index (χ2v) is 23.8. The molecule has 8 aromatic carbocycles. The minimum absolute atomic E-state index is 0.0111. The number of esters is 2. The number of rotatable bonds is 33. The Hall–Kier alpha value is -7.86. The van der Waals surface area contributed by atoms with Gasteiger partial charge in [0.05, 0.1) is 72.7 Å². The molecule has 0 bridgehead atoms. The zero-order valence-corrected chi connectivity index (χ0v) is 53.9. The van der Waals surface area contributed by atoms with Crippen LogP contribution in [0.5, 0.6) is 0 Å². The molecule has 0 saturated carbocycles. The SMILES string of the molecule is CC(=O)OC1C(OCC2OC(O)C(OCc3ccccc3)C(OCc3ccccc3)C2OC2OC(COCc3ccccc3)C(OCc3ccccc3)C(OCc3ccccc3)C2OC(C)=O)OC(COCc2ccccc2)C(OCc2ccccc2)C1OCc1ccccc1. The molecular weight excluding hydrogens is 1220 g/mol. The Morgan fingerprint density at radius 3 is 0.875 bits per heavy atom. The number of hydrogen-bond donors (Lipinski definition) is 1. The van der Waals surface area contributed by atoms with Gasteiger partial charge in [0.2, 0.25) is 0 Å². The van der Waals surface area contributed by atoms with Gasteiger partial charge in [0, 0.05) is 13.8 Å². The zero-order valence-electron chi connectivity index (χ0n) is 53.9. The normalized spacial score (nSPS) is 25.8. The van der Waals surface area contributed by atoms with Gasteiger partial charge < -0.3 is 76.2 Å². The highest BCUT2D eigenvalue weighted by Crippen LogP contribution is 2.38. The maximum absolute atomic E-state index is 13.8. The molecule has 0 spiro atoms. The quantitative estimate of drug-likeness (QED) is 0.0381. The number of hydrogen-bond acceptors (Lipinski definition) is 18. The van der Waals surface area contributed by atoms with Crippen LogP contribution < -0.4 is 0 Å². The Kier molecular flexibility index (Phi) is 26.4. The summed E-state index contributed by atoms with van der Waals surface area (Å²) in [6.45, 7) is 3.07. The van der Waals surface area contributed by atoms with Crippen LogP contribution in [0, 0.1) is 0 Å². The maximum Gasteiger partial charge on any atom is 0.303 e. The Morgan fingerprint density at radius 1 is 0.292 bits per heavy atom. The number of aliphatic hydroxyl groups is 1. The fourth-order valence-corrected chi connectivity index (χ4v) is 11.9. The van der Waals surface area contributed by atoms with Crippen LogP contribution in [0.3, 0.4) is 0 Å². The fourth-order valence-electron chi connectivity index (χ4n) is 11.9. The van der Waals surface area contributed by atoms with Crippen molar-refractivity contribution in [2.45, 2.75) is 159 Å². The summed E-state index contributed by atoms with van der Waals surface area (Å²) in [4.78, 5) is 27.3. The van der Waals surface area contributed by atoms with E-state index in [1.54, 1.807) is 0 Å². The van der Waals surface area contributed by atoms with E-state index < -0.39 is 111 Å². The van der Waals surface area contributed by atoms with Crippen molar-refractivity contribution in [3.8, 4) is 0 Å². The first-order valence-electron chi connectivity index (χ1n) is 32.6. The third kappa shape index (κ3) is 20.4. The molecular formula is C78H84O18. The van der Waals surface area contributed by atoms with E-state index in [0.29, 0.717) is 0 Å².